The van der Waals surface area contributed by atoms with Crippen LogP contribution >= 0.6 is 0 Å². The Hall–Kier alpha value is -1.90. The second kappa shape index (κ2) is 6.31. The van der Waals surface area contributed by atoms with Crippen LogP contribution in [-0.2, 0) is 20.0 Å². The van der Waals surface area contributed by atoms with Gasteiger partial charge < -0.3 is 0 Å². The Morgan fingerprint density at radius 3 is 1.96 bits per heavy atom. The minimum atomic E-state index is -3.98. The largest absolute Gasteiger partial charge is 0.264 e. The molecule has 0 aliphatic heterocycles. The van der Waals surface area contributed by atoms with Gasteiger partial charge in [-0.15, -0.1) is 0 Å². The molecule has 0 unspecified atom stereocenters. The average Bonchev–Trinajstić information content (AvgIpc) is 2.47. The maximum atomic E-state index is 12.9. The average molecular weight is 354 g/mol. The smallest absolute Gasteiger partial charge is 0.264 e. The van der Waals surface area contributed by atoms with Crippen molar-refractivity contribution in [2.75, 3.05) is 4.31 Å². The van der Waals surface area contributed by atoms with Gasteiger partial charge in [-0.05, 0) is 44.2 Å². The number of hydrogen-bond donors (Lipinski definition) is 1. The summed E-state index contributed by atoms with van der Waals surface area (Å²) in [5.74, 6) is 0. The van der Waals surface area contributed by atoms with Gasteiger partial charge in [-0.1, -0.05) is 24.3 Å². The molecule has 2 rings (SSSR count). The SMILES string of the molecule is CC(C)N(c1ccccc1)S(=O)(=O)c1cccc(S(N)(=O)=O)c1. The molecule has 0 aliphatic carbocycles. The number of benzene rings is 2. The highest BCUT2D eigenvalue weighted by Crippen LogP contribution is 2.26. The minimum Gasteiger partial charge on any atom is -0.264 e. The Morgan fingerprint density at radius 1 is 0.870 bits per heavy atom. The van der Waals surface area contributed by atoms with Crippen molar-refractivity contribution in [3.63, 3.8) is 0 Å². The van der Waals surface area contributed by atoms with E-state index in [1.807, 2.05) is 0 Å². The standard InChI is InChI=1S/C15H18N2O4S2/c1-12(2)17(13-7-4-3-5-8-13)23(20,21)15-10-6-9-14(11-15)22(16,18)19/h3-12H,1-2H3,(H2,16,18,19). The van der Waals surface area contributed by atoms with Crippen LogP contribution in [0.15, 0.2) is 64.4 Å². The van der Waals surface area contributed by atoms with Gasteiger partial charge in [-0.2, -0.15) is 0 Å². The number of para-hydroxylation sites is 1. The van der Waals surface area contributed by atoms with Gasteiger partial charge in [0.25, 0.3) is 10.0 Å². The van der Waals surface area contributed by atoms with E-state index in [4.69, 9.17) is 5.14 Å². The maximum absolute atomic E-state index is 12.9. The van der Waals surface area contributed by atoms with E-state index in [0.29, 0.717) is 5.69 Å². The molecule has 0 atom stereocenters. The van der Waals surface area contributed by atoms with Crippen molar-refractivity contribution < 1.29 is 16.8 Å². The summed E-state index contributed by atoms with van der Waals surface area (Å²) >= 11 is 0. The van der Waals surface area contributed by atoms with Crippen molar-refractivity contribution in [1.82, 2.24) is 0 Å². The van der Waals surface area contributed by atoms with Crippen LogP contribution in [0, 0.1) is 0 Å². The van der Waals surface area contributed by atoms with Crippen molar-refractivity contribution in [2.45, 2.75) is 29.7 Å². The van der Waals surface area contributed by atoms with E-state index in [9.17, 15) is 16.8 Å². The van der Waals surface area contributed by atoms with Crippen LogP contribution in [0.5, 0.6) is 0 Å². The summed E-state index contributed by atoms with van der Waals surface area (Å²) in [7, 11) is -7.90. The molecule has 124 valence electrons. The number of nitrogens with zero attached hydrogens (tertiary/aromatic N) is 1. The summed E-state index contributed by atoms with van der Waals surface area (Å²) in [6.45, 7) is 3.49. The summed E-state index contributed by atoms with van der Waals surface area (Å²) in [5.41, 5.74) is 0.503. The zero-order chi connectivity index (χ0) is 17.3. The molecule has 0 saturated heterocycles. The molecule has 0 amide bonds. The van der Waals surface area contributed by atoms with E-state index >= 15 is 0 Å². The molecular formula is C15H18N2O4S2. The Labute approximate surface area is 136 Å². The number of anilines is 1. The normalized spacial score (nSPS) is 12.3. The second-order valence-electron chi connectivity index (χ2n) is 5.25. The zero-order valence-corrected chi connectivity index (χ0v) is 14.4. The van der Waals surface area contributed by atoms with Crippen LogP contribution in [0.4, 0.5) is 5.69 Å². The fourth-order valence-electron chi connectivity index (χ4n) is 2.21. The highest BCUT2D eigenvalue weighted by atomic mass is 32.2. The van der Waals surface area contributed by atoms with Gasteiger partial charge in [-0.3, -0.25) is 4.31 Å². The fourth-order valence-corrected chi connectivity index (χ4v) is 4.56. The van der Waals surface area contributed by atoms with Gasteiger partial charge in [0.05, 0.1) is 15.5 Å². The van der Waals surface area contributed by atoms with Crippen molar-refractivity contribution in [2.24, 2.45) is 5.14 Å². The summed E-state index contributed by atoms with van der Waals surface area (Å²) in [6.07, 6.45) is 0. The van der Waals surface area contributed by atoms with Gasteiger partial charge in [0, 0.05) is 6.04 Å². The van der Waals surface area contributed by atoms with Crippen LogP contribution in [0.25, 0.3) is 0 Å². The van der Waals surface area contributed by atoms with Crippen molar-refractivity contribution in [1.29, 1.82) is 0 Å². The topological polar surface area (TPSA) is 97.5 Å². The quantitative estimate of drug-likeness (QED) is 0.887. The summed E-state index contributed by atoms with van der Waals surface area (Å²) < 4.78 is 50.0. The van der Waals surface area contributed by atoms with Crippen LogP contribution in [-0.4, -0.2) is 22.9 Å². The minimum absolute atomic E-state index is 0.124. The molecule has 2 aromatic carbocycles. The first-order chi connectivity index (χ1) is 10.6. The molecular weight excluding hydrogens is 336 g/mol. The van der Waals surface area contributed by atoms with Gasteiger partial charge in [0.2, 0.25) is 10.0 Å². The second-order valence-corrected chi connectivity index (χ2v) is 8.63. The molecule has 8 heteroatoms. The van der Waals surface area contributed by atoms with Crippen LogP contribution < -0.4 is 9.44 Å². The van der Waals surface area contributed by atoms with Crippen LogP contribution in [0.1, 0.15) is 13.8 Å². The predicted molar refractivity (Wildman–Crippen MR) is 89.1 cm³/mol. The molecule has 0 saturated carbocycles. The highest BCUT2D eigenvalue weighted by molar-refractivity contribution is 7.93. The lowest BCUT2D eigenvalue weighted by Gasteiger charge is -2.28. The molecule has 0 spiro atoms. The molecule has 23 heavy (non-hydrogen) atoms. The summed E-state index contributed by atoms with van der Waals surface area (Å²) in [4.78, 5) is -0.364. The van der Waals surface area contributed by atoms with Gasteiger partial charge in [-0.25, -0.2) is 22.0 Å². The van der Waals surface area contributed by atoms with Crippen molar-refractivity contribution in [3.05, 3.63) is 54.6 Å². The lowest BCUT2D eigenvalue weighted by Crippen LogP contribution is -2.37. The molecule has 0 fully saturated rings. The number of primary sulfonamides is 1. The third-order valence-corrected chi connectivity index (χ3v) is 6.08. The van der Waals surface area contributed by atoms with Gasteiger partial charge >= 0.3 is 0 Å². The fraction of sp³-hybridized carbons (Fsp3) is 0.200. The first-order valence-corrected chi connectivity index (χ1v) is 9.85. The monoisotopic (exact) mass is 354 g/mol. The lowest BCUT2D eigenvalue weighted by molar-refractivity contribution is 0.584. The first-order valence-electron chi connectivity index (χ1n) is 6.86. The number of rotatable bonds is 5. The Kier molecular flexibility index (Phi) is 4.79. The molecule has 0 aliphatic rings. The Morgan fingerprint density at radius 2 is 1.43 bits per heavy atom. The third kappa shape index (κ3) is 3.72. The van der Waals surface area contributed by atoms with Crippen LogP contribution in [0.2, 0.25) is 0 Å². The maximum Gasteiger partial charge on any atom is 0.264 e. The summed E-state index contributed by atoms with van der Waals surface area (Å²) in [6, 6.07) is 13.3. The molecule has 6 nitrogen and oxygen atoms in total. The first kappa shape index (κ1) is 17.5. The number of hydrogen-bond acceptors (Lipinski definition) is 4. The highest BCUT2D eigenvalue weighted by Gasteiger charge is 2.28. The Balaban J connectivity index is 2.60. The zero-order valence-electron chi connectivity index (χ0n) is 12.7. The summed E-state index contributed by atoms with van der Waals surface area (Å²) in [5, 5.41) is 5.08. The molecule has 2 aromatic rings. The third-order valence-electron chi connectivity index (χ3n) is 3.17. The molecule has 0 bridgehead atoms. The molecule has 2 N–H and O–H groups in total. The van der Waals surface area contributed by atoms with E-state index in [2.05, 4.69) is 0 Å². The van der Waals surface area contributed by atoms with E-state index in [-0.39, 0.29) is 15.8 Å². The van der Waals surface area contributed by atoms with E-state index < -0.39 is 20.0 Å². The number of nitrogens with two attached hydrogens (primary N) is 1. The van der Waals surface area contributed by atoms with E-state index in [1.165, 1.54) is 22.5 Å². The molecule has 0 aromatic heterocycles. The predicted octanol–water partition coefficient (Wildman–Crippen LogP) is 1.94. The Bertz CT molecular complexity index is 892. The van der Waals surface area contributed by atoms with E-state index in [1.54, 1.807) is 44.2 Å². The lowest BCUT2D eigenvalue weighted by atomic mass is 10.3. The van der Waals surface area contributed by atoms with Gasteiger partial charge in [0.1, 0.15) is 0 Å². The van der Waals surface area contributed by atoms with E-state index in [0.717, 1.165) is 6.07 Å². The van der Waals surface area contributed by atoms with Crippen LogP contribution in [0.3, 0.4) is 0 Å². The van der Waals surface area contributed by atoms with Crippen molar-refractivity contribution in [3.8, 4) is 0 Å². The molecule has 0 heterocycles. The molecule has 0 radical (unpaired) electrons. The van der Waals surface area contributed by atoms with Gasteiger partial charge in [0.15, 0.2) is 0 Å². The van der Waals surface area contributed by atoms with Crippen molar-refractivity contribution >= 4 is 25.7 Å². The number of sulfonamides is 2.